The Morgan fingerprint density at radius 2 is 1.45 bits per heavy atom. The van der Waals surface area contributed by atoms with E-state index in [0.29, 0.717) is 36.2 Å². The summed E-state index contributed by atoms with van der Waals surface area (Å²) in [7, 11) is 0. The van der Waals surface area contributed by atoms with Crippen molar-refractivity contribution in [3.63, 3.8) is 0 Å². The normalized spacial score (nSPS) is 26.5. The molecule has 2 saturated carbocycles. The van der Waals surface area contributed by atoms with Gasteiger partial charge in [-0.05, 0) is 93.6 Å². The zero-order chi connectivity index (χ0) is 22.1. The van der Waals surface area contributed by atoms with Gasteiger partial charge in [-0.1, -0.05) is 37.6 Å². The van der Waals surface area contributed by atoms with Crippen molar-refractivity contribution in [2.75, 3.05) is 6.67 Å². The third-order valence-corrected chi connectivity index (χ3v) is 7.84. The van der Waals surface area contributed by atoms with E-state index < -0.39 is 0 Å². The van der Waals surface area contributed by atoms with Crippen molar-refractivity contribution in [3.8, 4) is 0 Å². The SMILES string of the molecule is CCCCC(=O)C1CCC(C(=O)Cc2ccc(C3CCC(CCCF)CC3)cc2)CC1. The van der Waals surface area contributed by atoms with Crippen LogP contribution < -0.4 is 0 Å². The molecule has 0 bridgehead atoms. The Kier molecular flexibility index (Phi) is 9.74. The molecule has 0 atom stereocenters. The van der Waals surface area contributed by atoms with Gasteiger partial charge >= 0.3 is 0 Å². The summed E-state index contributed by atoms with van der Waals surface area (Å²) in [6, 6.07) is 8.72. The molecule has 3 heteroatoms. The van der Waals surface area contributed by atoms with Gasteiger partial charge in [0.05, 0.1) is 6.67 Å². The van der Waals surface area contributed by atoms with Gasteiger partial charge < -0.3 is 0 Å². The molecule has 0 unspecified atom stereocenters. The van der Waals surface area contributed by atoms with E-state index in [0.717, 1.165) is 56.9 Å². The maximum absolute atomic E-state index is 12.8. The van der Waals surface area contributed by atoms with E-state index in [1.54, 1.807) is 0 Å². The monoisotopic (exact) mass is 428 g/mol. The van der Waals surface area contributed by atoms with Crippen molar-refractivity contribution >= 4 is 11.6 Å². The van der Waals surface area contributed by atoms with Gasteiger partial charge in [0.1, 0.15) is 11.6 Å². The number of alkyl halides is 1. The minimum absolute atomic E-state index is 0.134. The van der Waals surface area contributed by atoms with Crippen LogP contribution in [0, 0.1) is 17.8 Å². The predicted octanol–water partition coefficient (Wildman–Crippen LogP) is 7.39. The molecule has 0 spiro atoms. The molecule has 2 aliphatic carbocycles. The van der Waals surface area contributed by atoms with Crippen molar-refractivity contribution in [2.45, 2.75) is 103 Å². The van der Waals surface area contributed by atoms with Gasteiger partial charge in [0.25, 0.3) is 0 Å². The molecule has 2 fully saturated rings. The topological polar surface area (TPSA) is 34.1 Å². The molecule has 31 heavy (non-hydrogen) atoms. The Balaban J connectivity index is 1.42. The quantitative estimate of drug-likeness (QED) is 0.368. The molecule has 0 amide bonds. The van der Waals surface area contributed by atoms with Gasteiger partial charge in [0.2, 0.25) is 0 Å². The standard InChI is InChI=1S/C28H41FO2/c1-2-3-6-27(30)25-15-17-26(18-16-25)28(31)20-22-9-13-24(14-10-22)23-11-7-21(8-12-23)5-4-19-29/h9-10,13-14,21,23,25-26H,2-8,11-12,15-20H2,1H3. The average molecular weight is 429 g/mol. The second kappa shape index (κ2) is 12.5. The molecule has 3 rings (SSSR count). The van der Waals surface area contributed by atoms with Crippen LogP contribution in [0.4, 0.5) is 4.39 Å². The predicted molar refractivity (Wildman–Crippen MR) is 125 cm³/mol. The Morgan fingerprint density at radius 1 is 0.839 bits per heavy atom. The van der Waals surface area contributed by atoms with Crippen LogP contribution in [0.25, 0.3) is 0 Å². The number of hydrogen-bond acceptors (Lipinski definition) is 2. The lowest BCUT2D eigenvalue weighted by molar-refractivity contribution is -0.128. The number of Topliss-reactive ketones (excluding diaryl/α,β-unsaturated/α-hetero) is 2. The van der Waals surface area contributed by atoms with Gasteiger partial charge in [0, 0.05) is 24.7 Å². The van der Waals surface area contributed by atoms with Gasteiger partial charge in [0.15, 0.2) is 0 Å². The average Bonchev–Trinajstić information content (AvgIpc) is 2.82. The third kappa shape index (κ3) is 7.26. The molecule has 1 aromatic rings. The van der Waals surface area contributed by atoms with Crippen molar-refractivity contribution in [2.24, 2.45) is 17.8 Å². The zero-order valence-electron chi connectivity index (χ0n) is 19.4. The summed E-state index contributed by atoms with van der Waals surface area (Å²) in [4.78, 5) is 25.1. The minimum Gasteiger partial charge on any atom is -0.299 e. The lowest BCUT2D eigenvalue weighted by Crippen LogP contribution is -2.27. The first-order valence-electron chi connectivity index (χ1n) is 12.8. The molecule has 1 aromatic carbocycles. The highest BCUT2D eigenvalue weighted by Crippen LogP contribution is 2.38. The number of hydrogen-bond donors (Lipinski definition) is 0. The molecule has 0 aromatic heterocycles. The second-order valence-corrected chi connectivity index (χ2v) is 10.1. The summed E-state index contributed by atoms with van der Waals surface area (Å²) in [6.45, 7) is 1.94. The van der Waals surface area contributed by atoms with Gasteiger partial charge in [-0.3, -0.25) is 14.0 Å². The van der Waals surface area contributed by atoms with E-state index in [9.17, 15) is 14.0 Å². The van der Waals surface area contributed by atoms with Gasteiger partial charge in [-0.2, -0.15) is 0 Å². The maximum Gasteiger partial charge on any atom is 0.140 e. The van der Waals surface area contributed by atoms with Crippen LogP contribution in [0.1, 0.15) is 107 Å². The van der Waals surface area contributed by atoms with Gasteiger partial charge in [-0.15, -0.1) is 0 Å². The fraction of sp³-hybridized carbons (Fsp3) is 0.714. The first-order valence-corrected chi connectivity index (χ1v) is 12.8. The highest BCUT2D eigenvalue weighted by Gasteiger charge is 2.29. The number of unbranched alkanes of at least 4 members (excludes halogenated alkanes) is 1. The highest BCUT2D eigenvalue weighted by molar-refractivity contribution is 5.84. The number of carbonyl (C=O) groups excluding carboxylic acids is 2. The zero-order valence-corrected chi connectivity index (χ0v) is 19.4. The molecule has 172 valence electrons. The Morgan fingerprint density at radius 3 is 2.03 bits per heavy atom. The van der Waals surface area contributed by atoms with E-state index in [-0.39, 0.29) is 18.5 Å². The molecule has 0 radical (unpaired) electrons. The molecule has 0 heterocycles. The summed E-state index contributed by atoms with van der Waals surface area (Å²) in [5, 5.41) is 0. The summed E-state index contributed by atoms with van der Waals surface area (Å²) in [5.41, 5.74) is 2.51. The number of carbonyl (C=O) groups is 2. The van der Waals surface area contributed by atoms with E-state index in [1.165, 1.54) is 31.2 Å². The molecule has 0 aliphatic heterocycles. The van der Waals surface area contributed by atoms with Crippen molar-refractivity contribution < 1.29 is 14.0 Å². The molecule has 0 saturated heterocycles. The van der Waals surface area contributed by atoms with E-state index in [4.69, 9.17) is 0 Å². The Labute approximate surface area is 188 Å². The fourth-order valence-electron chi connectivity index (χ4n) is 5.70. The number of ketones is 2. The first kappa shape index (κ1) is 24.1. The van der Waals surface area contributed by atoms with Crippen LogP contribution in [0.15, 0.2) is 24.3 Å². The third-order valence-electron chi connectivity index (χ3n) is 7.84. The van der Waals surface area contributed by atoms with Crippen molar-refractivity contribution in [3.05, 3.63) is 35.4 Å². The van der Waals surface area contributed by atoms with E-state index in [2.05, 4.69) is 31.2 Å². The molecular weight excluding hydrogens is 387 g/mol. The second-order valence-electron chi connectivity index (χ2n) is 10.1. The van der Waals surface area contributed by atoms with Crippen LogP contribution in [-0.2, 0) is 16.0 Å². The number of rotatable bonds is 11. The minimum atomic E-state index is -0.182. The summed E-state index contributed by atoms with van der Waals surface area (Å²) < 4.78 is 12.4. The van der Waals surface area contributed by atoms with Crippen LogP contribution >= 0.6 is 0 Å². The summed E-state index contributed by atoms with van der Waals surface area (Å²) in [5.74, 6) is 2.42. The van der Waals surface area contributed by atoms with Crippen LogP contribution in [0.5, 0.6) is 0 Å². The summed E-state index contributed by atoms with van der Waals surface area (Å²) in [6.07, 6.45) is 13.4. The molecular formula is C28H41FO2. The smallest absolute Gasteiger partial charge is 0.140 e. The van der Waals surface area contributed by atoms with E-state index in [1.807, 2.05) is 0 Å². The van der Waals surface area contributed by atoms with Crippen molar-refractivity contribution in [1.29, 1.82) is 0 Å². The largest absolute Gasteiger partial charge is 0.299 e. The fourth-order valence-corrected chi connectivity index (χ4v) is 5.70. The summed E-state index contributed by atoms with van der Waals surface area (Å²) >= 11 is 0. The number of benzene rings is 1. The van der Waals surface area contributed by atoms with Crippen LogP contribution in [-0.4, -0.2) is 18.2 Å². The van der Waals surface area contributed by atoms with Crippen LogP contribution in [0.2, 0.25) is 0 Å². The molecule has 2 nitrogen and oxygen atoms in total. The van der Waals surface area contributed by atoms with Crippen molar-refractivity contribution in [1.82, 2.24) is 0 Å². The lowest BCUT2D eigenvalue weighted by Gasteiger charge is -2.29. The van der Waals surface area contributed by atoms with E-state index >= 15 is 0 Å². The Hall–Kier alpha value is -1.51. The lowest BCUT2D eigenvalue weighted by atomic mass is 9.76. The number of halogens is 1. The maximum atomic E-state index is 12.8. The first-order chi connectivity index (χ1) is 15.1. The van der Waals surface area contributed by atoms with Crippen LogP contribution in [0.3, 0.4) is 0 Å². The highest BCUT2D eigenvalue weighted by atomic mass is 19.1. The van der Waals surface area contributed by atoms with Gasteiger partial charge in [-0.25, -0.2) is 0 Å². The molecule has 2 aliphatic rings. The molecule has 0 N–H and O–H groups in total. The Bertz CT molecular complexity index is 679.